The number of rotatable bonds is 15. The van der Waals surface area contributed by atoms with Gasteiger partial charge in [0.25, 0.3) is 0 Å². The fraction of sp³-hybridized carbons (Fsp3) is 0.600. The normalized spacial score (nSPS) is 12.3. The van der Waals surface area contributed by atoms with Crippen LogP contribution in [-0.4, -0.2) is 94.2 Å². The van der Waals surface area contributed by atoms with Crippen molar-refractivity contribution in [2.24, 2.45) is 10.8 Å². The predicted octanol–water partition coefficient (Wildman–Crippen LogP) is -2.27. The number of carbonyl (C=O) groups is 4. The minimum atomic E-state index is -1.27. The van der Waals surface area contributed by atoms with Crippen LogP contribution in [0, 0.1) is 10.8 Å². The van der Waals surface area contributed by atoms with Gasteiger partial charge in [-0.1, -0.05) is 12.2 Å². The molecule has 0 aromatic carbocycles. The van der Waals surface area contributed by atoms with E-state index >= 15 is 0 Å². The van der Waals surface area contributed by atoms with Gasteiger partial charge in [-0.25, -0.2) is 9.59 Å². The number of aliphatic hydroxyl groups is 6. The monoisotopic (exact) mass is 462 g/mol. The number of hydrogen-bond acceptors (Lipinski definition) is 12. The summed E-state index contributed by atoms with van der Waals surface area (Å²) in [6, 6.07) is 0. The van der Waals surface area contributed by atoms with Crippen molar-refractivity contribution in [3.8, 4) is 0 Å². The van der Waals surface area contributed by atoms with Crippen LogP contribution >= 0.6 is 0 Å². The van der Waals surface area contributed by atoms with Gasteiger partial charge in [0.2, 0.25) is 0 Å². The van der Waals surface area contributed by atoms with Gasteiger partial charge in [-0.3, -0.25) is 9.59 Å². The highest BCUT2D eigenvalue weighted by atomic mass is 16.6. The molecule has 0 aromatic rings. The van der Waals surface area contributed by atoms with Crippen LogP contribution in [0.4, 0.5) is 0 Å². The van der Waals surface area contributed by atoms with E-state index in [0.717, 1.165) is 24.3 Å². The molecular formula is C20H30O12. The lowest BCUT2D eigenvalue weighted by Gasteiger charge is -2.24. The SMILES string of the molecule is O=C(C=CC(CO)(CO)CCO)OC(=O)CCC(=O)OC(=O)C=CC(CO)(CO)CCO. The maximum Gasteiger partial charge on any atom is 0.338 e. The molecule has 182 valence electrons. The zero-order chi connectivity index (χ0) is 24.6. The maximum absolute atomic E-state index is 11.7. The van der Waals surface area contributed by atoms with Crippen LogP contribution in [-0.2, 0) is 28.7 Å². The molecule has 0 radical (unpaired) electrons. The lowest BCUT2D eigenvalue weighted by atomic mass is 9.86. The molecule has 0 aliphatic heterocycles. The molecule has 0 rings (SSSR count). The molecule has 0 fully saturated rings. The Hall–Kier alpha value is -2.48. The first-order valence-corrected chi connectivity index (χ1v) is 9.68. The second-order valence-corrected chi connectivity index (χ2v) is 7.06. The van der Waals surface area contributed by atoms with E-state index in [0.29, 0.717) is 0 Å². The summed E-state index contributed by atoms with van der Waals surface area (Å²) in [4.78, 5) is 46.6. The molecule has 0 saturated heterocycles. The summed E-state index contributed by atoms with van der Waals surface area (Å²) in [7, 11) is 0. The number of aliphatic hydroxyl groups excluding tert-OH is 6. The Morgan fingerprint density at radius 3 is 1.16 bits per heavy atom. The summed E-state index contributed by atoms with van der Waals surface area (Å²) in [6.07, 6.45) is 2.56. The highest BCUT2D eigenvalue weighted by Crippen LogP contribution is 2.23. The highest BCUT2D eigenvalue weighted by Gasteiger charge is 2.26. The van der Waals surface area contributed by atoms with Gasteiger partial charge < -0.3 is 40.1 Å². The largest absolute Gasteiger partial charge is 0.396 e. The average Bonchev–Trinajstić information content (AvgIpc) is 2.78. The molecule has 0 saturated carbocycles. The lowest BCUT2D eigenvalue weighted by Crippen LogP contribution is -2.29. The molecule has 0 aliphatic rings. The molecule has 12 heteroatoms. The molecule has 0 bridgehead atoms. The Bertz CT molecular complexity index is 616. The fourth-order valence-electron chi connectivity index (χ4n) is 2.33. The summed E-state index contributed by atoms with van der Waals surface area (Å²) in [6.45, 7) is -2.97. The van der Waals surface area contributed by atoms with E-state index in [-0.39, 0.29) is 26.1 Å². The van der Waals surface area contributed by atoms with E-state index in [2.05, 4.69) is 9.47 Å². The zero-order valence-electron chi connectivity index (χ0n) is 17.5. The predicted molar refractivity (Wildman–Crippen MR) is 106 cm³/mol. The molecule has 0 aliphatic carbocycles. The Morgan fingerprint density at radius 2 is 0.906 bits per heavy atom. The van der Waals surface area contributed by atoms with Crippen LogP contribution < -0.4 is 0 Å². The molecule has 32 heavy (non-hydrogen) atoms. The van der Waals surface area contributed by atoms with Gasteiger partial charge in [0.15, 0.2) is 0 Å². The third-order valence-corrected chi connectivity index (χ3v) is 4.59. The summed E-state index contributed by atoms with van der Waals surface area (Å²) in [5, 5.41) is 55.1. The van der Waals surface area contributed by atoms with Gasteiger partial charge in [0.05, 0.1) is 39.3 Å². The summed E-state index contributed by atoms with van der Waals surface area (Å²) < 4.78 is 8.88. The summed E-state index contributed by atoms with van der Waals surface area (Å²) >= 11 is 0. The van der Waals surface area contributed by atoms with Crippen LogP contribution in [0.2, 0.25) is 0 Å². The Morgan fingerprint density at radius 1 is 0.594 bits per heavy atom. The van der Waals surface area contributed by atoms with Gasteiger partial charge in [-0.05, 0) is 12.8 Å². The van der Waals surface area contributed by atoms with E-state index < -0.39 is 74.0 Å². The Labute approximate surface area is 184 Å². The number of esters is 4. The van der Waals surface area contributed by atoms with Crippen LogP contribution in [0.1, 0.15) is 25.7 Å². The van der Waals surface area contributed by atoms with Crippen LogP contribution in [0.25, 0.3) is 0 Å². The van der Waals surface area contributed by atoms with Crippen LogP contribution in [0.15, 0.2) is 24.3 Å². The summed E-state index contributed by atoms with van der Waals surface area (Å²) in [5.41, 5.74) is -2.54. The molecule has 6 N–H and O–H groups in total. The summed E-state index contributed by atoms with van der Waals surface area (Å²) in [5.74, 6) is -4.44. The second kappa shape index (κ2) is 15.3. The smallest absolute Gasteiger partial charge is 0.338 e. The van der Waals surface area contributed by atoms with Gasteiger partial charge in [0.1, 0.15) is 0 Å². The van der Waals surface area contributed by atoms with E-state index in [1.807, 2.05) is 0 Å². The third-order valence-electron chi connectivity index (χ3n) is 4.59. The minimum Gasteiger partial charge on any atom is -0.396 e. The molecule has 0 aromatic heterocycles. The van der Waals surface area contributed by atoms with Gasteiger partial charge in [-0.15, -0.1) is 0 Å². The maximum atomic E-state index is 11.7. The molecule has 0 unspecified atom stereocenters. The minimum absolute atomic E-state index is 0.0379. The van der Waals surface area contributed by atoms with Gasteiger partial charge >= 0.3 is 23.9 Å². The first kappa shape index (κ1) is 29.5. The second-order valence-electron chi connectivity index (χ2n) is 7.06. The third kappa shape index (κ3) is 10.7. The van der Waals surface area contributed by atoms with Crippen molar-refractivity contribution in [1.29, 1.82) is 0 Å². The number of ether oxygens (including phenoxy) is 2. The number of carbonyl (C=O) groups excluding carboxylic acids is 4. The van der Waals surface area contributed by atoms with Crippen molar-refractivity contribution < 1.29 is 59.3 Å². The quantitative estimate of drug-likeness (QED) is 0.0864. The first-order valence-electron chi connectivity index (χ1n) is 9.68. The van der Waals surface area contributed by atoms with Crippen LogP contribution in [0.5, 0.6) is 0 Å². The van der Waals surface area contributed by atoms with Crippen molar-refractivity contribution in [3.63, 3.8) is 0 Å². The van der Waals surface area contributed by atoms with Gasteiger partial charge in [-0.2, -0.15) is 0 Å². The van der Waals surface area contributed by atoms with E-state index in [9.17, 15) is 39.6 Å². The van der Waals surface area contributed by atoms with Crippen molar-refractivity contribution >= 4 is 23.9 Å². The van der Waals surface area contributed by atoms with Crippen molar-refractivity contribution in [2.45, 2.75) is 25.7 Å². The molecule has 0 heterocycles. The zero-order valence-corrected chi connectivity index (χ0v) is 17.5. The Balaban J connectivity index is 4.61. The molecule has 0 amide bonds. The molecule has 0 spiro atoms. The number of hydrogen-bond donors (Lipinski definition) is 6. The first-order chi connectivity index (χ1) is 15.1. The average molecular weight is 462 g/mol. The highest BCUT2D eigenvalue weighted by molar-refractivity contribution is 5.95. The Kier molecular flexibility index (Phi) is 14.2. The molecule has 12 nitrogen and oxygen atoms in total. The molecule has 0 atom stereocenters. The topological polar surface area (TPSA) is 208 Å². The fourth-order valence-corrected chi connectivity index (χ4v) is 2.33. The van der Waals surface area contributed by atoms with Crippen LogP contribution in [0.3, 0.4) is 0 Å². The van der Waals surface area contributed by atoms with E-state index in [1.54, 1.807) is 0 Å². The van der Waals surface area contributed by atoms with Crippen molar-refractivity contribution in [1.82, 2.24) is 0 Å². The van der Waals surface area contributed by atoms with Gasteiger partial charge in [0, 0.05) is 36.2 Å². The van der Waals surface area contributed by atoms with Crippen molar-refractivity contribution in [2.75, 3.05) is 39.6 Å². The standard InChI is InChI=1S/C20H30O12/c21-9-7-19(11-23,12-24)5-3-17(29)31-15(27)1-2-16(28)32-18(30)4-6-20(13-25,14-26)8-10-22/h3-6,21-26H,1-2,7-14H2. The van der Waals surface area contributed by atoms with E-state index in [1.165, 1.54) is 0 Å². The molecular weight excluding hydrogens is 432 g/mol. The van der Waals surface area contributed by atoms with Crippen molar-refractivity contribution in [3.05, 3.63) is 24.3 Å². The lowest BCUT2D eigenvalue weighted by molar-refractivity contribution is -0.161. The van der Waals surface area contributed by atoms with E-state index in [4.69, 9.17) is 10.2 Å².